The zero-order valence-electron chi connectivity index (χ0n) is 7.57. The number of alkyl halides is 3. The Kier molecular flexibility index (Phi) is 3.34. The zero-order chi connectivity index (χ0) is 11.5. The molecule has 1 nitrogen and oxygen atoms in total. The van der Waals surface area contributed by atoms with Gasteiger partial charge < -0.3 is 4.74 Å². The van der Waals surface area contributed by atoms with Crippen LogP contribution >= 0.6 is 0 Å². The molecular formula is C10H7F4O. The van der Waals surface area contributed by atoms with E-state index in [4.69, 9.17) is 0 Å². The number of ether oxygens (including phenoxy) is 1. The highest BCUT2D eigenvalue weighted by molar-refractivity contribution is 5.34. The Hall–Kier alpha value is -1.52. The van der Waals surface area contributed by atoms with Crippen molar-refractivity contribution < 1.29 is 22.3 Å². The first-order chi connectivity index (χ1) is 6.94. The lowest BCUT2D eigenvalue weighted by Gasteiger charge is -2.10. The van der Waals surface area contributed by atoms with E-state index in [9.17, 15) is 17.6 Å². The van der Waals surface area contributed by atoms with Gasteiger partial charge in [0.25, 0.3) is 0 Å². The highest BCUT2D eigenvalue weighted by atomic mass is 19.4. The van der Waals surface area contributed by atoms with Gasteiger partial charge in [0.15, 0.2) is 18.2 Å². The van der Waals surface area contributed by atoms with Gasteiger partial charge in [0.05, 0.1) is 0 Å². The van der Waals surface area contributed by atoms with Crippen LogP contribution in [0.1, 0.15) is 5.56 Å². The van der Waals surface area contributed by atoms with Gasteiger partial charge in [-0.05, 0) is 12.1 Å². The molecule has 0 saturated heterocycles. The van der Waals surface area contributed by atoms with Crippen molar-refractivity contribution in [2.75, 3.05) is 6.61 Å². The third-order valence-corrected chi connectivity index (χ3v) is 1.55. The largest absolute Gasteiger partial charge is 0.481 e. The molecule has 1 aromatic rings. The fourth-order valence-electron chi connectivity index (χ4n) is 0.918. The second-order valence-electron chi connectivity index (χ2n) is 2.70. The molecule has 0 atom stereocenters. The third kappa shape index (κ3) is 3.27. The van der Waals surface area contributed by atoms with Crippen LogP contribution in [-0.2, 0) is 0 Å². The molecule has 0 aliphatic carbocycles. The first kappa shape index (κ1) is 11.6. The topological polar surface area (TPSA) is 9.23 Å². The molecule has 0 spiro atoms. The molecule has 0 N–H and O–H groups in total. The molecule has 0 unspecified atom stereocenters. The van der Waals surface area contributed by atoms with Crippen LogP contribution < -0.4 is 4.74 Å². The van der Waals surface area contributed by atoms with Gasteiger partial charge in [-0.2, -0.15) is 13.2 Å². The van der Waals surface area contributed by atoms with Crippen LogP contribution in [-0.4, -0.2) is 12.8 Å². The van der Waals surface area contributed by atoms with Crippen LogP contribution in [0.5, 0.6) is 5.75 Å². The SMILES string of the molecule is C=[C]c1cccc(OCC(F)(F)F)c1F. The Morgan fingerprint density at radius 1 is 1.33 bits per heavy atom. The van der Waals surface area contributed by atoms with E-state index in [-0.39, 0.29) is 5.56 Å². The van der Waals surface area contributed by atoms with Gasteiger partial charge in [-0.25, -0.2) is 4.39 Å². The maximum atomic E-state index is 13.3. The van der Waals surface area contributed by atoms with E-state index in [2.05, 4.69) is 17.4 Å². The molecule has 1 rings (SSSR count). The number of hydrogen-bond acceptors (Lipinski definition) is 1. The molecule has 1 aromatic carbocycles. The van der Waals surface area contributed by atoms with Crippen LogP contribution in [0.15, 0.2) is 24.8 Å². The van der Waals surface area contributed by atoms with E-state index in [1.54, 1.807) is 0 Å². The fourth-order valence-corrected chi connectivity index (χ4v) is 0.918. The lowest BCUT2D eigenvalue weighted by atomic mass is 10.2. The Balaban J connectivity index is 2.82. The summed E-state index contributed by atoms with van der Waals surface area (Å²) in [5.41, 5.74) is -0.0188. The summed E-state index contributed by atoms with van der Waals surface area (Å²) in [4.78, 5) is 0. The van der Waals surface area contributed by atoms with Gasteiger partial charge in [0.2, 0.25) is 0 Å². The van der Waals surface area contributed by atoms with Crippen molar-refractivity contribution in [3.63, 3.8) is 0 Å². The summed E-state index contributed by atoms with van der Waals surface area (Å²) in [6.45, 7) is 1.68. The standard InChI is InChI=1S/C10H7F4O/c1-2-7-4-3-5-8(9(7)11)15-6-10(12,13)14/h3-5H,1,6H2. The number of benzene rings is 1. The van der Waals surface area contributed by atoms with Crippen LogP contribution in [0.2, 0.25) is 0 Å². The van der Waals surface area contributed by atoms with E-state index < -0.39 is 24.3 Å². The average molecular weight is 219 g/mol. The van der Waals surface area contributed by atoms with Crippen LogP contribution in [0.25, 0.3) is 0 Å². The van der Waals surface area contributed by atoms with E-state index >= 15 is 0 Å². The number of rotatable bonds is 3. The van der Waals surface area contributed by atoms with Crippen LogP contribution in [0, 0.1) is 11.9 Å². The first-order valence-electron chi connectivity index (χ1n) is 3.95. The number of halogens is 4. The summed E-state index contributed by atoms with van der Waals surface area (Å²) in [7, 11) is 0. The van der Waals surface area contributed by atoms with Gasteiger partial charge >= 0.3 is 6.18 Å². The highest BCUT2D eigenvalue weighted by Gasteiger charge is 2.29. The summed E-state index contributed by atoms with van der Waals surface area (Å²) in [5, 5.41) is 0. The minimum absolute atomic E-state index is 0.0188. The third-order valence-electron chi connectivity index (χ3n) is 1.55. The van der Waals surface area contributed by atoms with Crippen molar-refractivity contribution in [1.29, 1.82) is 0 Å². The van der Waals surface area contributed by atoms with E-state index in [0.717, 1.165) is 6.07 Å². The van der Waals surface area contributed by atoms with Gasteiger partial charge in [0.1, 0.15) is 0 Å². The van der Waals surface area contributed by atoms with Crippen molar-refractivity contribution in [2.45, 2.75) is 6.18 Å². The molecule has 0 saturated carbocycles. The Labute approximate surface area is 84.0 Å². The summed E-state index contributed by atoms with van der Waals surface area (Å²) < 4.78 is 52.9. The molecule has 0 aliphatic rings. The molecule has 0 fully saturated rings. The van der Waals surface area contributed by atoms with Gasteiger partial charge in [-0.3, -0.25) is 0 Å². The predicted molar refractivity (Wildman–Crippen MR) is 45.9 cm³/mol. The van der Waals surface area contributed by atoms with Gasteiger partial charge in [-0.1, -0.05) is 18.7 Å². The molecule has 0 amide bonds. The maximum Gasteiger partial charge on any atom is 0.422 e. The molecule has 0 heterocycles. The molecule has 81 valence electrons. The van der Waals surface area contributed by atoms with E-state index in [1.807, 2.05) is 0 Å². The Morgan fingerprint density at radius 2 is 2.00 bits per heavy atom. The monoisotopic (exact) mass is 219 g/mol. The van der Waals surface area contributed by atoms with Gasteiger partial charge in [-0.15, -0.1) is 0 Å². The van der Waals surface area contributed by atoms with Crippen molar-refractivity contribution in [3.8, 4) is 5.75 Å². The molecule has 0 aliphatic heterocycles. The summed E-state index contributed by atoms with van der Waals surface area (Å²) in [5.74, 6) is -1.35. The smallest absolute Gasteiger partial charge is 0.422 e. The lowest BCUT2D eigenvalue weighted by Crippen LogP contribution is -2.19. The second-order valence-corrected chi connectivity index (χ2v) is 2.70. The number of hydrogen-bond donors (Lipinski definition) is 0. The quantitative estimate of drug-likeness (QED) is 0.710. The zero-order valence-corrected chi connectivity index (χ0v) is 7.57. The fraction of sp³-hybridized carbons (Fsp3) is 0.200. The maximum absolute atomic E-state index is 13.3. The van der Waals surface area contributed by atoms with E-state index in [1.165, 1.54) is 12.1 Å². The summed E-state index contributed by atoms with van der Waals surface area (Å²) in [6.07, 6.45) is -2.24. The second kappa shape index (κ2) is 4.33. The Bertz CT molecular complexity index is 357. The van der Waals surface area contributed by atoms with Crippen LogP contribution in [0.3, 0.4) is 0 Å². The molecule has 5 heteroatoms. The molecule has 0 aromatic heterocycles. The van der Waals surface area contributed by atoms with Gasteiger partial charge in [0, 0.05) is 5.56 Å². The molecular weight excluding hydrogens is 212 g/mol. The normalized spacial score (nSPS) is 11.2. The van der Waals surface area contributed by atoms with Crippen molar-refractivity contribution >= 4 is 0 Å². The van der Waals surface area contributed by atoms with Crippen molar-refractivity contribution in [1.82, 2.24) is 0 Å². The minimum atomic E-state index is -4.49. The van der Waals surface area contributed by atoms with Crippen molar-refractivity contribution in [3.05, 3.63) is 42.2 Å². The predicted octanol–water partition coefficient (Wildman–Crippen LogP) is 3.10. The highest BCUT2D eigenvalue weighted by Crippen LogP contribution is 2.23. The average Bonchev–Trinajstić information content (AvgIpc) is 2.15. The van der Waals surface area contributed by atoms with Crippen LogP contribution in [0.4, 0.5) is 17.6 Å². The molecule has 1 radical (unpaired) electrons. The lowest BCUT2D eigenvalue weighted by molar-refractivity contribution is -0.153. The molecule has 15 heavy (non-hydrogen) atoms. The first-order valence-corrected chi connectivity index (χ1v) is 3.95. The molecule has 0 bridgehead atoms. The van der Waals surface area contributed by atoms with Crippen molar-refractivity contribution in [2.24, 2.45) is 0 Å². The van der Waals surface area contributed by atoms with E-state index in [0.29, 0.717) is 0 Å². The summed E-state index contributed by atoms with van der Waals surface area (Å²) >= 11 is 0. The summed E-state index contributed by atoms with van der Waals surface area (Å²) in [6, 6.07) is 3.81. The Morgan fingerprint density at radius 3 is 2.53 bits per heavy atom. The minimum Gasteiger partial charge on any atom is -0.481 e.